The lowest BCUT2D eigenvalue weighted by atomic mass is 10.0. The van der Waals surface area contributed by atoms with Gasteiger partial charge in [0.15, 0.2) is 6.17 Å². The molecule has 198 valence electrons. The minimum atomic E-state index is -1.31. The number of amides is 3. The largest absolute Gasteiger partial charge is 0.497 e. The molecule has 1 saturated heterocycles. The zero-order chi connectivity index (χ0) is 27.2. The van der Waals surface area contributed by atoms with E-state index in [4.69, 9.17) is 4.74 Å². The topological polar surface area (TPSA) is 116 Å². The summed E-state index contributed by atoms with van der Waals surface area (Å²) in [6.45, 7) is 0.225. The van der Waals surface area contributed by atoms with Crippen LogP contribution >= 0.6 is 11.3 Å². The summed E-state index contributed by atoms with van der Waals surface area (Å²) in [5.74, 6) is -2.77. The number of nitrogens with zero attached hydrogens (tertiary/aromatic N) is 2. The van der Waals surface area contributed by atoms with Gasteiger partial charge in [-0.1, -0.05) is 24.3 Å². The fraction of sp³-hybridized carbons (Fsp3) is 0.259. The van der Waals surface area contributed by atoms with Crippen molar-refractivity contribution >= 4 is 35.0 Å². The second kappa shape index (κ2) is 11.9. The van der Waals surface area contributed by atoms with Crippen LogP contribution in [-0.4, -0.2) is 65.0 Å². The third kappa shape index (κ3) is 6.17. The van der Waals surface area contributed by atoms with E-state index in [1.54, 1.807) is 24.3 Å². The van der Waals surface area contributed by atoms with Crippen molar-refractivity contribution in [2.75, 3.05) is 20.2 Å². The van der Waals surface area contributed by atoms with Crippen LogP contribution in [0.2, 0.25) is 0 Å². The molecule has 2 unspecified atom stereocenters. The van der Waals surface area contributed by atoms with Crippen molar-refractivity contribution in [3.63, 3.8) is 0 Å². The molecule has 2 heterocycles. The van der Waals surface area contributed by atoms with Crippen LogP contribution in [0.25, 0.3) is 0 Å². The number of carbonyl (C=O) groups is 4. The Hall–Kier alpha value is -4.25. The third-order valence-electron chi connectivity index (χ3n) is 6.18. The molecule has 2 atom stereocenters. The Morgan fingerprint density at radius 2 is 1.82 bits per heavy atom. The number of thiophene rings is 1. The van der Waals surface area contributed by atoms with Crippen molar-refractivity contribution in [3.05, 3.63) is 87.9 Å². The molecular formula is C27H26FN3O6S. The fourth-order valence-electron chi connectivity index (χ4n) is 4.34. The van der Waals surface area contributed by atoms with E-state index in [9.17, 15) is 28.7 Å². The lowest BCUT2D eigenvalue weighted by molar-refractivity contribution is -0.142. The highest BCUT2D eigenvalue weighted by atomic mass is 32.1. The van der Waals surface area contributed by atoms with Gasteiger partial charge < -0.3 is 25.0 Å². The van der Waals surface area contributed by atoms with E-state index in [1.807, 2.05) is 17.5 Å². The molecule has 3 aromatic rings. The first-order valence-corrected chi connectivity index (χ1v) is 12.7. The molecule has 2 N–H and O–H groups in total. The number of nitrogens with one attached hydrogen (secondary N) is 1. The van der Waals surface area contributed by atoms with E-state index in [0.29, 0.717) is 11.3 Å². The van der Waals surface area contributed by atoms with Gasteiger partial charge in [-0.15, -0.1) is 11.3 Å². The van der Waals surface area contributed by atoms with Crippen molar-refractivity contribution in [1.82, 2.24) is 15.1 Å². The molecule has 1 aromatic heterocycles. The van der Waals surface area contributed by atoms with Gasteiger partial charge in [0.05, 0.1) is 26.0 Å². The Morgan fingerprint density at radius 3 is 2.47 bits per heavy atom. The Morgan fingerprint density at radius 1 is 1.08 bits per heavy atom. The molecule has 0 radical (unpaired) electrons. The summed E-state index contributed by atoms with van der Waals surface area (Å²) in [7, 11) is 1.47. The maximum absolute atomic E-state index is 13.7. The van der Waals surface area contributed by atoms with E-state index in [0.717, 1.165) is 4.88 Å². The fourth-order valence-corrected chi connectivity index (χ4v) is 5.03. The second-order valence-electron chi connectivity index (χ2n) is 8.66. The average molecular weight is 540 g/mol. The number of methoxy groups -OCH3 is 1. The number of aliphatic carboxylic acids is 1. The SMILES string of the molecule is COc1cccc(C(=O)N2CCN(C(=O)Cc3cccs3)C2C(=O)NC(CC(=O)O)c2ccc(F)cc2)c1. The molecular weight excluding hydrogens is 513 g/mol. The van der Waals surface area contributed by atoms with Crippen molar-refractivity contribution in [1.29, 1.82) is 0 Å². The Kier molecular flexibility index (Phi) is 8.37. The predicted molar refractivity (Wildman–Crippen MR) is 137 cm³/mol. The number of benzene rings is 2. The van der Waals surface area contributed by atoms with E-state index < -0.39 is 42.2 Å². The van der Waals surface area contributed by atoms with E-state index in [1.165, 1.54) is 52.5 Å². The van der Waals surface area contributed by atoms with Gasteiger partial charge in [-0.3, -0.25) is 19.2 Å². The van der Waals surface area contributed by atoms with Gasteiger partial charge >= 0.3 is 5.97 Å². The molecule has 1 aliphatic rings. The van der Waals surface area contributed by atoms with Crippen molar-refractivity contribution < 1.29 is 33.4 Å². The molecule has 9 nitrogen and oxygen atoms in total. The molecule has 11 heteroatoms. The van der Waals surface area contributed by atoms with Crippen LogP contribution < -0.4 is 10.1 Å². The zero-order valence-electron chi connectivity index (χ0n) is 20.5. The van der Waals surface area contributed by atoms with Gasteiger partial charge in [-0.2, -0.15) is 0 Å². The lowest BCUT2D eigenvalue weighted by Crippen LogP contribution is -2.54. The van der Waals surface area contributed by atoms with Crippen LogP contribution in [0.1, 0.15) is 33.3 Å². The standard InChI is InChI=1S/C27H26FN3O6S/c1-37-20-5-2-4-18(14-20)27(36)31-12-11-30(23(32)15-21-6-3-13-38-21)26(31)25(35)29-22(16-24(33)34)17-7-9-19(28)10-8-17/h2-10,13-14,22,26H,11-12,15-16H2,1H3,(H,29,35)(H,33,34). The van der Waals surface area contributed by atoms with Gasteiger partial charge in [0.25, 0.3) is 11.8 Å². The quantitative estimate of drug-likeness (QED) is 0.432. The normalized spacial score (nSPS) is 15.7. The van der Waals surface area contributed by atoms with E-state index in [-0.39, 0.29) is 31.0 Å². The monoisotopic (exact) mass is 539 g/mol. The molecule has 1 fully saturated rings. The van der Waals surface area contributed by atoms with Gasteiger partial charge in [0, 0.05) is 23.5 Å². The summed E-state index contributed by atoms with van der Waals surface area (Å²) in [6.07, 6.45) is -1.73. The number of hydrogen-bond acceptors (Lipinski definition) is 6. The Balaban J connectivity index is 1.64. The smallest absolute Gasteiger partial charge is 0.305 e. The number of carbonyl (C=O) groups excluding carboxylic acids is 3. The summed E-state index contributed by atoms with van der Waals surface area (Å²) in [5.41, 5.74) is 0.651. The summed E-state index contributed by atoms with van der Waals surface area (Å²) in [5, 5.41) is 14.0. The first kappa shape index (κ1) is 26.8. The number of carboxylic acid groups (broad SMARTS) is 1. The molecule has 0 spiro atoms. The number of halogens is 1. The number of hydrogen-bond donors (Lipinski definition) is 2. The molecule has 2 aromatic carbocycles. The van der Waals surface area contributed by atoms with Gasteiger partial charge in [0.1, 0.15) is 11.6 Å². The zero-order valence-corrected chi connectivity index (χ0v) is 21.3. The minimum absolute atomic E-state index is 0.0547. The molecule has 1 aliphatic heterocycles. The Labute approximate surface area is 222 Å². The Bertz CT molecular complexity index is 1310. The van der Waals surface area contributed by atoms with Crippen LogP contribution in [0.4, 0.5) is 4.39 Å². The number of ether oxygens (including phenoxy) is 1. The van der Waals surface area contributed by atoms with Crippen LogP contribution in [0.3, 0.4) is 0 Å². The highest BCUT2D eigenvalue weighted by Gasteiger charge is 2.43. The molecule has 3 amide bonds. The van der Waals surface area contributed by atoms with Crippen molar-refractivity contribution in [2.24, 2.45) is 0 Å². The van der Waals surface area contributed by atoms with Gasteiger partial charge in [-0.25, -0.2) is 4.39 Å². The van der Waals surface area contributed by atoms with E-state index in [2.05, 4.69) is 5.32 Å². The maximum atomic E-state index is 13.7. The highest BCUT2D eigenvalue weighted by molar-refractivity contribution is 7.10. The van der Waals surface area contributed by atoms with Gasteiger partial charge in [0.2, 0.25) is 5.91 Å². The van der Waals surface area contributed by atoms with Gasteiger partial charge in [-0.05, 0) is 47.3 Å². The molecule has 4 rings (SSSR count). The van der Waals surface area contributed by atoms with Crippen molar-refractivity contribution in [3.8, 4) is 5.75 Å². The molecule has 0 saturated carbocycles. The summed E-state index contributed by atoms with van der Waals surface area (Å²) in [6, 6.07) is 14.2. The van der Waals surface area contributed by atoms with Crippen molar-refractivity contribution in [2.45, 2.75) is 25.0 Å². The van der Waals surface area contributed by atoms with Crippen LogP contribution in [0.15, 0.2) is 66.0 Å². The lowest BCUT2D eigenvalue weighted by Gasteiger charge is -2.31. The van der Waals surface area contributed by atoms with Crippen LogP contribution in [0, 0.1) is 5.82 Å². The summed E-state index contributed by atoms with van der Waals surface area (Å²) >= 11 is 1.41. The average Bonchev–Trinajstić information content (AvgIpc) is 3.58. The summed E-state index contributed by atoms with van der Waals surface area (Å²) < 4.78 is 18.7. The number of carboxylic acids is 1. The maximum Gasteiger partial charge on any atom is 0.305 e. The van der Waals surface area contributed by atoms with Crippen LogP contribution in [0.5, 0.6) is 5.75 Å². The summed E-state index contributed by atoms with van der Waals surface area (Å²) in [4.78, 5) is 55.4. The first-order valence-electron chi connectivity index (χ1n) is 11.8. The second-order valence-corrected chi connectivity index (χ2v) is 9.69. The third-order valence-corrected chi connectivity index (χ3v) is 7.05. The number of rotatable bonds is 9. The van der Waals surface area contributed by atoms with E-state index >= 15 is 0 Å². The highest BCUT2D eigenvalue weighted by Crippen LogP contribution is 2.25. The molecule has 38 heavy (non-hydrogen) atoms. The predicted octanol–water partition coefficient (Wildman–Crippen LogP) is 3.08. The molecule has 0 bridgehead atoms. The minimum Gasteiger partial charge on any atom is -0.497 e. The molecule has 0 aliphatic carbocycles. The van der Waals surface area contributed by atoms with Crippen LogP contribution in [-0.2, 0) is 20.8 Å². The first-order chi connectivity index (χ1) is 18.3.